The Kier molecular flexibility index (Phi) is 8.11. The third-order valence-electron chi connectivity index (χ3n) is 6.03. The lowest BCUT2D eigenvalue weighted by Gasteiger charge is -2.26. The van der Waals surface area contributed by atoms with Crippen LogP contribution in [0, 0.1) is 0 Å². The molecule has 1 aliphatic rings. The van der Waals surface area contributed by atoms with Crippen LogP contribution in [0.2, 0.25) is 0 Å². The van der Waals surface area contributed by atoms with E-state index in [9.17, 15) is 9.59 Å². The fourth-order valence-corrected chi connectivity index (χ4v) is 4.33. The van der Waals surface area contributed by atoms with Crippen molar-refractivity contribution >= 4 is 28.4 Å². The highest BCUT2D eigenvalue weighted by atomic mass is 16.4. The van der Waals surface area contributed by atoms with Crippen molar-refractivity contribution in [3.8, 4) is 5.69 Å². The van der Waals surface area contributed by atoms with E-state index in [1.54, 1.807) is 0 Å². The van der Waals surface area contributed by atoms with Gasteiger partial charge in [0.05, 0.1) is 5.52 Å². The standard InChI is InChI=1S/C26H24N2.C4H4O4/c1-3-9-21(10-4-1)22-15-17-27(18-16-22)19-23-20-28(24-11-5-2-6-12-24)26-14-8-7-13-25(23)26;5-3(6)1-2-4(7)8/h1-15,20H,16-19H2;1-2H,(H,5,6)(H,7,8)/b;2-1+. The van der Waals surface area contributed by atoms with Crippen LogP contribution in [0.3, 0.4) is 0 Å². The first kappa shape index (κ1) is 24.7. The van der Waals surface area contributed by atoms with Crippen molar-refractivity contribution in [2.75, 3.05) is 13.1 Å². The topological polar surface area (TPSA) is 82.8 Å². The molecule has 0 saturated heterocycles. The van der Waals surface area contributed by atoms with Crippen LogP contribution in [0.4, 0.5) is 0 Å². The van der Waals surface area contributed by atoms with Crippen LogP contribution in [0.1, 0.15) is 17.5 Å². The summed E-state index contributed by atoms with van der Waals surface area (Å²) < 4.78 is 2.32. The highest BCUT2D eigenvalue weighted by molar-refractivity contribution is 5.89. The molecule has 2 N–H and O–H groups in total. The van der Waals surface area contributed by atoms with Gasteiger partial charge in [-0.15, -0.1) is 0 Å². The summed E-state index contributed by atoms with van der Waals surface area (Å²) in [5.74, 6) is -2.51. The van der Waals surface area contributed by atoms with Crippen molar-refractivity contribution in [3.05, 3.63) is 120 Å². The number of aromatic nitrogens is 1. The summed E-state index contributed by atoms with van der Waals surface area (Å²) in [6.45, 7) is 3.10. The smallest absolute Gasteiger partial charge is 0.328 e. The quantitative estimate of drug-likeness (QED) is 0.350. The number of carboxylic acids is 2. The summed E-state index contributed by atoms with van der Waals surface area (Å²) in [7, 11) is 0. The first-order valence-electron chi connectivity index (χ1n) is 11.8. The Hall–Kier alpha value is -4.42. The molecule has 0 saturated carbocycles. The zero-order valence-electron chi connectivity index (χ0n) is 19.8. The van der Waals surface area contributed by atoms with Gasteiger partial charge in [-0.1, -0.05) is 72.8 Å². The molecule has 36 heavy (non-hydrogen) atoms. The number of hydrogen-bond donors (Lipinski definition) is 2. The normalized spacial score (nSPS) is 13.7. The molecule has 0 bridgehead atoms. The largest absolute Gasteiger partial charge is 0.478 e. The Morgan fingerprint density at radius 3 is 2.03 bits per heavy atom. The zero-order valence-corrected chi connectivity index (χ0v) is 19.8. The van der Waals surface area contributed by atoms with Gasteiger partial charge in [-0.25, -0.2) is 9.59 Å². The molecule has 4 aromatic rings. The van der Waals surface area contributed by atoms with Gasteiger partial charge in [0.15, 0.2) is 0 Å². The Balaban J connectivity index is 0.000000331. The first-order valence-corrected chi connectivity index (χ1v) is 11.8. The van der Waals surface area contributed by atoms with Gasteiger partial charge in [-0.3, -0.25) is 4.90 Å². The molecule has 0 fully saturated rings. The molecule has 1 aliphatic heterocycles. The van der Waals surface area contributed by atoms with Crippen molar-refractivity contribution in [1.29, 1.82) is 0 Å². The minimum Gasteiger partial charge on any atom is -0.478 e. The monoisotopic (exact) mass is 480 g/mol. The lowest BCUT2D eigenvalue weighted by atomic mass is 9.99. The third-order valence-corrected chi connectivity index (χ3v) is 6.03. The zero-order chi connectivity index (χ0) is 25.3. The third kappa shape index (κ3) is 6.37. The maximum atomic E-state index is 9.55. The van der Waals surface area contributed by atoms with Crippen LogP contribution < -0.4 is 0 Å². The van der Waals surface area contributed by atoms with Crippen molar-refractivity contribution in [2.24, 2.45) is 0 Å². The van der Waals surface area contributed by atoms with Gasteiger partial charge >= 0.3 is 11.9 Å². The lowest BCUT2D eigenvalue weighted by molar-refractivity contribution is -0.134. The molecule has 0 radical (unpaired) electrons. The van der Waals surface area contributed by atoms with E-state index < -0.39 is 11.9 Å². The fourth-order valence-electron chi connectivity index (χ4n) is 4.33. The molecular weight excluding hydrogens is 452 g/mol. The number of para-hydroxylation sites is 2. The average molecular weight is 481 g/mol. The van der Waals surface area contributed by atoms with E-state index in [4.69, 9.17) is 10.2 Å². The Morgan fingerprint density at radius 1 is 0.806 bits per heavy atom. The van der Waals surface area contributed by atoms with Crippen molar-refractivity contribution in [1.82, 2.24) is 9.47 Å². The van der Waals surface area contributed by atoms with Crippen LogP contribution in [-0.4, -0.2) is 44.7 Å². The molecule has 2 heterocycles. The minimum absolute atomic E-state index is 0.558. The molecule has 6 nitrogen and oxygen atoms in total. The van der Waals surface area contributed by atoms with E-state index in [2.05, 4.69) is 107 Å². The number of carbonyl (C=O) groups is 2. The predicted octanol–water partition coefficient (Wildman–Crippen LogP) is 5.63. The molecule has 0 aliphatic carbocycles. The van der Waals surface area contributed by atoms with Crippen molar-refractivity contribution in [3.63, 3.8) is 0 Å². The van der Waals surface area contributed by atoms with Crippen LogP contribution in [0.15, 0.2) is 109 Å². The molecule has 182 valence electrons. The second-order valence-electron chi connectivity index (χ2n) is 8.47. The molecule has 1 aromatic heterocycles. The maximum absolute atomic E-state index is 9.55. The summed E-state index contributed by atoms with van der Waals surface area (Å²) in [5.41, 5.74) is 6.73. The van der Waals surface area contributed by atoms with E-state index in [-0.39, 0.29) is 0 Å². The highest BCUT2D eigenvalue weighted by Gasteiger charge is 2.16. The van der Waals surface area contributed by atoms with Gasteiger partial charge < -0.3 is 14.8 Å². The number of carboxylic acid groups (broad SMARTS) is 2. The molecule has 0 unspecified atom stereocenters. The molecular formula is C30H28N2O4. The second kappa shape index (κ2) is 11.8. The molecule has 0 atom stereocenters. The fraction of sp³-hybridized carbons (Fsp3) is 0.133. The summed E-state index contributed by atoms with van der Waals surface area (Å²) in [4.78, 5) is 21.7. The molecule has 6 heteroatoms. The summed E-state index contributed by atoms with van der Waals surface area (Å²) in [6, 6.07) is 30.1. The van der Waals surface area contributed by atoms with Gasteiger partial charge in [0.25, 0.3) is 0 Å². The van der Waals surface area contributed by atoms with Gasteiger partial charge in [0, 0.05) is 49.1 Å². The molecule has 0 amide bonds. The van der Waals surface area contributed by atoms with Crippen molar-refractivity contribution in [2.45, 2.75) is 13.0 Å². The van der Waals surface area contributed by atoms with E-state index in [1.807, 2.05) is 0 Å². The van der Waals surface area contributed by atoms with Gasteiger partial charge in [0.2, 0.25) is 0 Å². The number of hydrogen-bond acceptors (Lipinski definition) is 3. The summed E-state index contributed by atoms with van der Waals surface area (Å²) in [5, 5.41) is 17.0. The maximum Gasteiger partial charge on any atom is 0.328 e. The number of nitrogens with zero attached hydrogens (tertiary/aromatic N) is 2. The first-order chi connectivity index (χ1) is 17.5. The Labute approximate surface area is 210 Å². The Morgan fingerprint density at radius 2 is 1.42 bits per heavy atom. The summed E-state index contributed by atoms with van der Waals surface area (Å²) >= 11 is 0. The van der Waals surface area contributed by atoms with Crippen LogP contribution >= 0.6 is 0 Å². The van der Waals surface area contributed by atoms with Crippen molar-refractivity contribution < 1.29 is 19.8 Å². The van der Waals surface area contributed by atoms with Gasteiger partial charge in [0.1, 0.15) is 0 Å². The predicted molar refractivity (Wildman–Crippen MR) is 142 cm³/mol. The molecule has 0 spiro atoms. The number of benzene rings is 3. The molecule has 5 rings (SSSR count). The lowest BCUT2D eigenvalue weighted by Crippen LogP contribution is -2.27. The van der Waals surface area contributed by atoms with Crippen LogP contribution in [0.5, 0.6) is 0 Å². The number of rotatable bonds is 6. The minimum atomic E-state index is -1.26. The molecule has 3 aromatic carbocycles. The Bertz CT molecular complexity index is 1370. The second-order valence-corrected chi connectivity index (χ2v) is 8.47. The van der Waals surface area contributed by atoms with Crippen LogP contribution in [-0.2, 0) is 16.1 Å². The van der Waals surface area contributed by atoms with E-state index in [0.717, 1.165) is 26.1 Å². The van der Waals surface area contributed by atoms with Crippen LogP contribution in [0.25, 0.3) is 22.2 Å². The average Bonchev–Trinajstić information content (AvgIpc) is 3.28. The van der Waals surface area contributed by atoms with E-state index >= 15 is 0 Å². The van der Waals surface area contributed by atoms with Gasteiger partial charge in [-0.2, -0.15) is 0 Å². The number of fused-ring (bicyclic) bond motifs is 1. The van der Waals surface area contributed by atoms with E-state index in [1.165, 1.54) is 33.3 Å². The number of aliphatic carboxylic acids is 2. The van der Waals surface area contributed by atoms with Gasteiger partial charge in [-0.05, 0) is 41.3 Å². The highest BCUT2D eigenvalue weighted by Crippen LogP contribution is 2.28. The van der Waals surface area contributed by atoms with E-state index in [0.29, 0.717) is 12.2 Å². The SMILES string of the molecule is C1=C(c2ccccc2)CCN(Cc2cn(-c3ccccc3)c3ccccc23)C1.O=C(O)/C=C/C(=O)O. The summed E-state index contributed by atoms with van der Waals surface area (Å²) in [6.07, 6.45) is 6.94.